The van der Waals surface area contributed by atoms with E-state index in [0.717, 1.165) is 154 Å². The van der Waals surface area contributed by atoms with Gasteiger partial charge in [0, 0.05) is 59.4 Å². The van der Waals surface area contributed by atoms with E-state index in [1.807, 2.05) is 12.1 Å². The van der Waals surface area contributed by atoms with Crippen molar-refractivity contribution < 1.29 is 4.74 Å². The van der Waals surface area contributed by atoms with E-state index in [1.165, 1.54) is 0 Å². The summed E-state index contributed by atoms with van der Waals surface area (Å²) in [5, 5.41) is 21.8. The minimum absolute atomic E-state index is 0.580. The summed E-state index contributed by atoms with van der Waals surface area (Å²) in [6, 6.07) is 97.0. The van der Waals surface area contributed by atoms with Crippen molar-refractivity contribution in [2.75, 3.05) is 7.11 Å². The number of nitrogens with zero attached hydrogens (tertiary/aromatic N) is 6. The van der Waals surface area contributed by atoms with E-state index in [0.29, 0.717) is 5.56 Å². The Bertz CT molecular complexity index is 5070. The SMILES string of the molecule is COc1cccc2c1c1ccccc1n2-c1c(-n2c3ccccc3c3ccccc32)c(-n2c3ccccc3c3ccccc32)c(-c2ccc(C#N)cc2)c(-n2c3ccccc3c3ccccc32)c1-n1c2ccccc2c2ccccc21. The molecule has 0 bridgehead atoms. The van der Waals surface area contributed by atoms with Gasteiger partial charge in [0.05, 0.1) is 102 Å². The maximum Gasteiger partial charge on any atom is 0.128 e. The van der Waals surface area contributed by atoms with E-state index < -0.39 is 0 Å². The highest BCUT2D eigenvalue weighted by Gasteiger charge is 2.37. The van der Waals surface area contributed by atoms with Gasteiger partial charge in [-0.25, -0.2) is 0 Å². The Morgan fingerprint density at radius 3 is 0.852 bits per heavy atom. The Balaban J connectivity index is 1.30. The highest BCUT2D eigenvalue weighted by atomic mass is 16.5. The van der Waals surface area contributed by atoms with Crippen molar-refractivity contribution >= 4 is 109 Å². The van der Waals surface area contributed by atoms with Crippen LogP contribution in [-0.4, -0.2) is 29.9 Å². The quantitative estimate of drug-likeness (QED) is 0.160. The van der Waals surface area contributed by atoms with Gasteiger partial charge in [-0.15, -0.1) is 0 Å². The van der Waals surface area contributed by atoms with Crippen LogP contribution in [0.3, 0.4) is 0 Å². The molecule has 7 nitrogen and oxygen atoms in total. The molecule has 0 aliphatic heterocycles. The summed E-state index contributed by atoms with van der Waals surface area (Å²) in [6.45, 7) is 0. The molecule has 81 heavy (non-hydrogen) atoms. The number of ether oxygens (including phenoxy) is 1. The number of fused-ring (bicyclic) bond motifs is 15. The van der Waals surface area contributed by atoms with Crippen molar-refractivity contribution in [3.63, 3.8) is 0 Å². The summed E-state index contributed by atoms with van der Waals surface area (Å²) >= 11 is 0. The molecule has 0 amide bonds. The number of hydrogen-bond acceptors (Lipinski definition) is 2. The Hall–Kier alpha value is -11.1. The second-order valence-electron chi connectivity index (χ2n) is 21.0. The Labute approximate surface area is 464 Å². The van der Waals surface area contributed by atoms with E-state index in [4.69, 9.17) is 4.74 Å². The van der Waals surface area contributed by atoms with Crippen molar-refractivity contribution in [2.24, 2.45) is 0 Å². The van der Waals surface area contributed by atoms with E-state index in [-0.39, 0.29) is 0 Å². The molecule has 0 atom stereocenters. The summed E-state index contributed by atoms with van der Waals surface area (Å²) in [5.41, 5.74) is 17.8. The van der Waals surface area contributed by atoms with Crippen LogP contribution in [0, 0.1) is 11.3 Å². The molecule has 17 rings (SSSR count). The number of rotatable bonds is 7. The molecule has 0 unspecified atom stereocenters. The lowest BCUT2D eigenvalue weighted by molar-refractivity contribution is 0.420. The van der Waals surface area contributed by atoms with Crippen LogP contribution in [0.1, 0.15) is 5.56 Å². The maximum absolute atomic E-state index is 10.6. The lowest BCUT2D eigenvalue weighted by atomic mass is 9.94. The van der Waals surface area contributed by atoms with Crippen LogP contribution in [0.25, 0.3) is 149 Å². The number of nitriles is 1. The zero-order valence-corrected chi connectivity index (χ0v) is 43.9. The molecule has 0 N–H and O–H groups in total. The number of para-hydroxylation sites is 9. The minimum Gasteiger partial charge on any atom is -0.496 e. The second kappa shape index (κ2) is 17.2. The summed E-state index contributed by atoms with van der Waals surface area (Å²) in [4.78, 5) is 0. The van der Waals surface area contributed by atoms with Crippen molar-refractivity contribution in [1.82, 2.24) is 22.8 Å². The molecule has 0 saturated heterocycles. The molecular weight excluding hydrogens is 989 g/mol. The predicted octanol–water partition coefficient (Wildman–Crippen LogP) is 18.7. The molecule has 0 spiro atoms. The van der Waals surface area contributed by atoms with Crippen LogP contribution >= 0.6 is 0 Å². The van der Waals surface area contributed by atoms with Crippen LogP contribution in [0.4, 0.5) is 0 Å². The lowest BCUT2D eigenvalue weighted by Gasteiger charge is -2.32. The molecule has 0 aliphatic carbocycles. The van der Waals surface area contributed by atoms with Gasteiger partial charge < -0.3 is 27.6 Å². The van der Waals surface area contributed by atoms with Gasteiger partial charge in [0.1, 0.15) is 5.75 Å². The molecule has 0 saturated carbocycles. The molecule has 0 aliphatic rings. The largest absolute Gasteiger partial charge is 0.496 e. The first-order valence-electron chi connectivity index (χ1n) is 27.5. The fourth-order valence-electron chi connectivity index (χ4n) is 13.8. The maximum atomic E-state index is 10.6. The van der Waals surface area contributed by atoms with Crippen molar-refractivity contribution in [3.8, 4) is 51.4 Å². The summed E-state index contributed by atoms with van der Waals surface area (Å²) in [7, 11) is 1.78. The first-order chi connectivity index (χ1) is 40.2. The van der Waals surface area contributed by atoms with Gasteiger partial charge in [0.15, 0.2) is 0 Å². The van der Waals surface area contributed by atoms with Crippen molar-refractivity contribution in [1.29, 1.82) is 5.26 Å². The number of hydrogen-bond donors (Lipinski definition) is 0. The van der Waals surface area contributed by atoms with Gasteiger partial charge in [0.25, 0.3) is 0 Å². The molecule has 12 aromatic carbocycles. The fraction of sp³-hybridized carbons (Fsp3) is 0.0135. The third-order valence-electron chi connectivity index (χ3n) is 17.0. The minimum atomic E-state index is 0.580. The molecule has 378 valence electrons. The van der Waals surface area contributed by atoms with E-state index in [2.05, 4.69) is 278 Å². The summed E-state index contributed by atoms with van der Waals surface area (Å²) < 4.78 is 19.2. The monoisotopic (exact) mass is 1030 g/mol. The van der Waals surface area contributed by atoms with E-state index >= 15 is 0 Å². The fourth-order valence-corrected chi connectivity index (χ4v) is 13.8. The van der Waals surface area contributed by atoms with Gasteiger partial charge in [-0.05, 0) is 84.4 Å². The van der Waals surface area contributed by atoms with Gasteiger partial charge >= 0.3 is 0 Å². The highest BCUT2D eigenvalue weighted by molar-refractivity contribution is 6.20. The smallest absolute Gasteiger partial charge is 0.128 e. The average Bonchev–Trinajstić information content (AvgIpc) is 4.36. The van der Waals surface area contributed by atoms with Crippen LogP contribution < -0.4 is 4.74 Å². The van der Waals surface area contributed by atoms with Crippen LogP contribution in [-0.2, 0) is 0 Å². The van der Waals surface area contributed by atoms with Crippen LogP contribution in [0.15, 0.2) is 261 Å². The first-order valence-corrected chi connectivity index (χ1v) is 27.5. The van der Waals surface area contributed by atoms with E-state index in [1.54, 1.807) is 7.11 Å². The van der Waals surface area contributed by atoms with Gasteiger partial charge in [-0.1, -0.05) is 182 Å². The predicted molar refractivity (Wildman–Crippen MR) is 335 cm³/mol. The second-order valence-corrected chi connectivity index (χ2v) is 21.0. The van der Waals surface area contributed by atoms with Crippen LogP contribution in [0.2, 0.25) is 0 Å². The number of aromatic nitrogens is 5. The summed E-state index contributed by atoms with van der Waals surface area (Å²) in [6.07, 6.45) is 0. The lowest BCUT2D eigenvalue weighted by Crippen LogP contribution is -2.18. The number of methoxy groups -OCH3 is 1. The molecule has 7 heteroatoms. The van der Waals surface area contributed by atoms with Gasteiger partial charge in [-0.3, -0.25) is 0 Å². The molecule has 5 aromatic heterocycles. The molecule has 0 radical (unpaired) electrons. The Morgan fingerprint density at radius 2 is 0.531 bits per heavy atom. The van der Waals surface area contributed by atoms with Gasteiger partial charge in [0.2, 0.25) is 0 Å². The highest BCUT2D eigenvalue weighted by Crippen LogP contribution is 2.54. The molecule has 5 heterocycles. The third kappa shape index (κ3) is 6.16. The zero-order chi connectivity index (χ0) is 53.4. The number of benzene rings is 12. The van der Waals surface area contributed by atoms with Crippen LogP contribution in [0.5, 0.6) is 5.75 Å². The van der Waals surface area contributed by atoms with Gasteiger partial charge in [-0.2, -0.15) is 5.26 Å². The standard InChI is InChI=1S/C74H46N6O/c1-81-67-40-20-39-66-69(67)56-29-10-19-38-65(56)80(66)74-72(78-61-34-15-6-25-52(61)53-26-7-16-35-62(53)78)70(76-57-30-11-2-21-48(57)49-22-3-12-31-58(49)76)68(47-43-41-46(45-75)42-44-47)71(77-59-32-13-4-23-50(59)51-24-5-14-33-60(51)77)73(74)79-63-36-17-8-27-54(63)55-28-9-18-37-64(55)79/h2-44H,1H3. The van der Waals surface area contributed by atoms with Crippen molar-refractivity contribution in [2.45, 2.75) is 0 Å². The average molecular weight is 1040 g/mol. The Morgan fingerprint density at radius 1 is 0.272 bits per heavy atom. The topological polar surface area (TPSA) is 57.7 Å². The third-order valence-corrected chi connectivity index (χ3v) is 17.0. The summed E-state index contributed by atoms with van der Waals surface area (Å²) in [5.74, 6) is 0.790. The van der Waals surface area contributed by atoms with Crippen molar-refractivity contribution in [3.05, 3.63) is 266 Å². The molecule has 0 fully saturated rings. The normalized spacial score (nSPS) is 12.0. The van der Waals surface area contributed by atoms with E-state index in [9.17, 15) is 5.26 Å². The molecule has 17 aromatic rings. The first kappa shape index (κ1) is 45.0. The Kier molecular flexibility index (Phi) is 9.56. The molecular formula is C74H46N6O. The zero-order valence-electron chi connectivity index (χ0n) is 43.9.